The first kappa shape index (κ1) is 16.4. The SMILES string of the molecule is NC(=O)c1cccc(N2CCCCC2)c1Nc1ccnc2ccccc12. The molecule has 1 aromatic heterocycles. The zero-order valence-corrected chi connectivity index (χ0v) is 14.6. The van der Waals surface area contributed by atoms with Crippen molar-refractivity contribution in [3.05, 3.63) is 60.3 Å². The fraction of sp³-hybridized carbons (Fsp3) is 0.238. The second-order valence-corrected chi connectivity index (χ2v) is 6.61. The van der Waals surface area contributed by atoms with E-state index < -0.39 is 5.91 Å². The number of aromatic nitrogens is 1. The number of piperidine rings is 1. The van der Waals surface area contributed by atoms with E-state index in [0.717, 1.165) is 41.1 Å². The van der Waals surface area contributed by atoms with E-state index in [2.05, 4.69) is 21.3 Å². The van der Waals surface area contributed by atoms with E-state index in [4.69, 9.17) is 5.73 Å². The number of amides is 1. The highest BCUT2D eigenvalue weighted by molar-refractivity contribution is 6.04. The van der Waals surface area contributed by atoms with Gasteiger partial charge in [-0.05, 0) is 43.5 Å². The van der Waals surface area contributed by atoms with E-state index in [1.54, 1.807) is 12.3 Å². The number of nitrogens with two attached hydrogens (primary N) is 1. The summed E-state index contributed by atoms with van der Waals surface area (Å²) in [5.41, 5.74) is 9.81. The van der Waals surface area contributed by atoms with Crippen LogP contribution in [-0.4, -0.2) is 24.0 Å². The third kappa shape index (κ3) is 3.08. The van der Waals surface area contributed by atoms with Crippen molar-refractivity contribution in [2.24, 2.45) is 5.73 Å². The normalized spacial score (nSPS) is 14.4. The topological polar surface area (TPSA) is 71.2 Å². The van der Waals surface area contributed by atoms with Crippen LogP contribution >= 0.6 is 0 Å². The molecule has 132 valence electrons. The second kappa shape index (κ2) is 7.04. The maximum absolute atomic E-state index is 12.1. The smallest absolute Gasteiger partial charge is 0.250 e. The Morgan fingerprint density at radius 1 is 1.00 bits per heavy atom. The van der Waals surface area contributed by atoms with Gasteiger partial charge in [-0.1, -0.05) is 24.3 Å². The number of rotatable bonds is 4. The van der Waals surface area contributed by atoms with Gasteiger partial charge in [0.1, 0.15) is 0 Å². The molecule has 0 aliphatic carbocycles. The van der Waals surface area contributed by atoms with E-state index in [0.29, 0.717) is 5.56 Å². The predicted octanol–water partition coefficient (Wildman–Crippen LogP) is 4.07. The van der Waals surface area contributed by atoms with Crippen molar-refractivity contribution in [1.82, 2.24) is 4.98 Å². The van der Waals surface area contributed by atoms with Crippen LogP contribution in [0.15, 0.2) is 54.7 Å². The van der Waals surface area contributed by atoms with Crippen molar-refractivity contribution in [3.8, 4) is 0 Å². The maximum Gasteiger partial charge on any atom is 0.250 e. The number of benzene rings is 2. The molecule has 0 unspecified atom stereocenters. The van der Waals surface area contributed by atoms with Gasteiger partial charge in [0.15, 0.2) is 0 Å². The van der Waals surface area contributed by atoms with Gasteiger partial charge in [-0.2, -0.15) is 0 Å². The molecule has 4 rings (SSSR count). The van der Waals surface area contributed by atoms with E-state index in [-0.39, 0.29) is 0 Å². The number of nitrogens with one attached hydrogen (secondary N) is 1. The summed E-state index contributed by atoms with van der Waals surface area (Å²) < 4.78 is 0. The molecule has 1 fully saturated rings. The van der Waals surface area contributed by atoms with Crippen molar-refractivity contribution in [2.45, 2.75) is 19.3 Å². The van der Waals surface area contributed by atoms with Gasteiger partial charge in [0.2, 0.25) is 0 Å². The van der Waals surface area contributed by atoms with Crippen LogP contribution in [0, 0.1) is 0 Å². The molecule has 3 N–H and O–H groups in total. The number of fused-ring (bicyclic) bond motifs is 1. The summed E-state index contributed by atoms with van der Waals surface area (Å²) in [6.45, 7) is 1.99. The number of hydrogen-bond donors (Lipinski definition) is 2. The van der Waals surface area contributed by atoms with Gasteiger partial charge in [-0.3, -0.25) is 9.78 Å². The molecule has 2 heterocycles. The Balaban J connectivity index is 1.82. The highest BCUT2D eigenvalue weighted by atomic mass is 16.1. The van der Waals surface area contributed by atoms with Crippen LogP contribution in [0.5, 0.6) is 0 Å². The summed E-state index contributed by atoms with van der Waals surface area (Å²) in [6, 6.07) is 15.6. The fourth-order valence-electron chi connectivity index (χ4n) is 3.61. The lowest BCUT2D eigenvalue weighted by molar-refractivity contribution is 0.100. The van der Waals surface area contributed by atoms with Crippen LogP contribution < -0.4 is 16.0 Å². The Labute approximate surface area is 152 Å². The molecule has 0 atom stereocenters. The molecule has 2 aromatic carbocycles. The number of anilines is 3. The van der Waals surface area contributed by atoms with E-state index in [9.17, 15) is 4.79 Å². The lowest BCUT2D eigenvalue weighted by Gasteiger charge is -2.31. The largest absolute Gasteiger partial charge is 0.370 e. The zero-order valence-electron chi connectivity index (χ0n) is 14.6. The molecule has 3 aromatic rings. The third-order valence-corrected chi connectivity index (χ3v) is 4.91. The molecule has 1 aliphatic rings. The average Bonchev–Trinajstić information content (AvgIpc) is 2.69. The molecule has 5 nitrogen and oxygen atoms in total. The van der Waals surface area contributed by atoms with Crippen LogP contribution in [0.1, 0.15) is 29.6 Å². The van der Waals surface area contributed by atoms with E-state index in [1.165, 1.54) is 19.3 Å². The highest BCUT2D eigenvalue weighted by Gasteiger charge is 2.19. The van der Waals surface area contributed by atoms with Gasteiger partial charge in [-0.15, -0.1) is 0 Å². The Morgan fingerprint density at radius 3 is 2.62 bits per heavy atom. The number of pyridine rings is 1. The molecule has 0 saturated carbocycles. The Hall–Kier alpha value is -3.08. The number of carbonyl (C=O) groups is 1. The number of nitrogens with zero attached hydrogens (tertiary/aromatic N) is 2. The minimum absolute atomic E-state index is 0.426. The summed E-state index contributed by atoms with van der Waals surface area (Å²) in [6.07, 6.45) is 5.36. The van der Waals surface area contributed by atoms with Crippen LogP contribution in [-0.2, 0) is 0 Å². The summed E-state index contributed by atoms with van der Waals surface area (Å²) >= 11 is 0. The highest BCUT2D eigenvalue weighted by Crippen LogP contribution is 2.35. The molecule has 26 heavy (non-hydrogen) atoms. The van der Waals surface area contributed by atoms with Crippen LogP contribution in [0.4, 0.5) is 17.1 Å². The van der Waals surface area contributed by atoms with Gasteiger partial charge < -0.3 is 16.0 Å². The summed E-state index contributed by atoms with van der Waals surface area (Å²) in [4.78, 5) is 18.8. The van der Waals surface area contributed by atoms with Crippen molar-refractivity contribution < 1.29 is 4.79 Å². The van der Waals surface area contributed by atoms with Gasteiger partial charge in [0.05, 0.1) is 22.5 Å². The van der Waals surface area contributed by atoms with Gasteiger partial charge in [0.25, 0.3) is 5.91 Å². The fourth-order valence-corrected chi connectivity index (χ4v) is 3.61. The summed E-state index contributed by atoms with van der Waals surface area (Å²) in [7, 11) is 0. The Kier molecular flexibility index (Phi) is 4.44. The average molecular weight is 346 g/mol. The zero-order chi connectivity index (χ0) is 17.9. The quantitative estimate of drug-likeness (QED) is 0.747. The lowest BCUT2D eigenvalue weighted by Crippen LogP contribution is -2.30. The Bertz CT molecular complexity index is 942. The summed E-state index contributed by atoms with van der Waals surface area (Å²) in [5.74, 6) is -0.426. The van der Waals surface area contributed by atoms with Crippen LogP contribution in [0.3, 0.4) is 0 Å². The molecule has 0 radical (unpaired) electrons. The molecular weight excluding hydrogens is 324 g/mol. The number of para-hydroxylation sites is 2. The van der Waals surface area contributed by atoms with Crippen molar-refractivity contribution in [2.75, 3.05) is 23.3 Å². The van der Waals surface area contributed by atoms with Crippen molar-refractivity contribution in [3.63, 3.8) is 0 Å². The first-order valence-electron chi connectivity index (χ1n) is 9.02. The van der Waals surface area contributed by atoms with Crippen molar-refractivity contribution in [1.29, 1.82) is 0 Å². The Morgan fingerprint density at radius 2 is 1.81 bits per heavy atom. The summed E-state index contributed by atoms with van der Waals surface area (Å²) in [5, 5.41) is 4.49. The number of hydrogen-bond acceptors (Lipinski definition) is 4. The molecule has 5 heteroatoms. The van der Waals surface area contributed by atoms with E-state index in [1.807, 2.05) is 36.4 Å². The maximum atomic E-state index is 12.1. The minimum atomic E-state index is -0.426. The number of carbonyl (C=O) groups excluding carboxylic acids is 1. The van der Waals surface area contributed by atoms with Crippen LogP contribution in [0.2, 0.25) is 0 Å². The van der Waals surface area contributed by atoms with Gasteiger partial charge in [0, 0.05) is 30.4 Å². The first-order chi connectivity index (χ1) is 12.7. The monoisotopic (exact) mass is 346 g/mol. The molecule has 0 spiro atoms. The van der Waals surface area contributed by atoms with Gasteiger partial charge in [-0.25, -0.2) is 0 Å². The van der Waals surface area contributed by atoms with E-state index >= 15 is 0 Å². The second-order valence-electron chi connectivity index (χ2n) is 6.61. The van der Waals surface area contributed by atoms with Gasteiger partial charge >= 0.3 is 0 Å². The van der Waals surface area contributed by atoms with Crippen molar-refractivity contribution >= 4 is 33.9 Å². The molecular formula is C21H22N4O. The molecule has 1 saturated heterocycles. The minimum Gasteiger partial charge on any atom is -0.370 e. The molecule has 1 amide bonds. The lowest BCUT2D eigenvalue weighted by atomic mass is 10.1. The number of primary amides is 1. The molecule has 1 aliphatic heterocycles. The third-order valence-electron chi connectivity index (χ3n) is 4.91. The standard InChI is InChI=1S/C21H22N4O/c22-21(26)16-8-6-10-19(25-13-4-1-5-14-25)20(16)24-18-11-12-23-17-9-3-2-7-15(17)18/h2-3,6-12H,1,4-5,13-14H2,(H2,22,26)(H,23,24). The predicted molar refractivity (Wildman–Crippen MR) is 106 cm³/mol. The first-order valence-corrected chi connectivity index (χ1v) is 9.02. The molecule has 0 bridgehead atoms. The van der Waals surface area contributed by atoms with Crippen LogP contribution in [0.25, 0.3) is 10.9 Å².